The number of fused-ring (bicyclic) bond motifs is 1. The van der Waals surface area contributed by atoms with Crippen LogP contribution in [0.2, 0.25) is 0 Å². The lowest BCUT2D eigenvalue weighted by Gasteiger charge is -2.45. The zero-order chi connectivity index (χ0) is 15.6. The molecule has 2 rings (SSSR count). The molecule has 0 fully saturated rings. The number of nitrogens with zero attached hydrogens (tertiary/aromatic N) is 1. The summed E-state index contributed by atoms with van der Waals surface area (Å²) in [6.45, 7) is 11.1. The second kappa shape index (κ2) is 6.27. The van der Waals surface area contributed by atoms with Gasteiger partial charge in [0.05, 0.1) is 7.11 Å². The number of hydrogen-bond acceptors (Lipinski definition) is 3. The first-order chi connectivity index (χ1) is 9.90. The van der Waals surface area contributed by atoms with Crippen molar-refractivity contribution in [2.24, 2.45) is 0 Å². The molecule has 0 saturated heterocycles. The third kappa shape index (κ3) is 3.18. The molecule has 1 aromatic carbocycles. The van der Waals surface area contributed by atoms with E-state index in [0.717, 1.165) is 25.3 Å². The minimum Gasteiger partial charge on any atom is -0.496 e. The Balaban J connectivity index is 2.38. The second-order valence-corrected chi connectivity index (χ2v) is 6.88. The highest BCUT2D eigenvalue weighted by Gasteiger charge is 2.34. The molecule has 3 heteroatoms. The molecule has 0 bridgehead atoms. The molecule has 118 valence electrons. The van der Waals surface area contributed by atoms with E-state index in [1.54, 1.807) is 7.11 Å². The molecule has 0 spiro atoms. The van der Waals surface area contributed by atoms with Crippen LogP contribution in [0.15, 0.2) is 12.1 Å². The Bertz CT molecular complexity index is 496. The zero-order valence-electron chi connectivity index (χ0n) is 14.4. The summed E-state index contributed by atoms with van der Waals surface area (Å²) in [5, 5.41) is 3.48. The molecule has 1 atom stereocenters. The van der Waals surface area contributed by atoms with Gasteiger partial charge in [-0.25, -0.2) is 0 Å². The number of hydrogen-bond donors (Lipinski definition) is 1. The van der Waals surface area contributed by atoms with Gasteiger partial charge in [-0.15, -0.1) is 0 Å². The van der Waals surface area contributed by atoms with E-state index < -0.39 is 0 Å². The summed E-state index contributed by atoms with van der Waals surface area (Å²) >= 11 is 0. The lowest BCUT2D eigenvalue weighted by molar-refractivity contribution is 0.387. The molecule has 21 heavy (non-hydrogen) atoms. The highest BCUT2D eigenvalue weighted by molar-refractivity contribution is 5.63. The van der Waals surface area contributed by atoms with Crippen LogP contribution in [0, 0.1) is 0 Å². The Morgan fingerprint density at radius 2 is 2.10 bits per heavy atom. The van der Waals surface area contributed by atoms with Gasteiger partial charge in [0.2, 0.25) is 0 Å². The molecule has 1 aromatic rings. The molecule has 1 aliphatic rings. The van der Waals surface area contributed by atoms with Crippen LogP contribution >= 0.6 is 0 Å². The maximum atomic E-state index is 5.63. The molecule has 1 aliphatic heterocycles. The minimum atomic E-state index is 0.194. The van der Waals surface area contributed by atoms with Crippen LogP contribution in [0.25, 0.3) is 0 Å². The highest BCUT2D eigenvalue weighted by atomic mass is 16.5. The number of rotatable bonds is 5. The van der Waals surface area contributed by atoms with E-state index in [1.807, 2.05) is 0 Å². The van der Waals surface area contributed by atoms with E-state index in [0.29, 0.717) is 5.92 Å². The average Bonchev–Trinajstić information content (AvgIpc) is 2.44. The van der Waals surface area contributed by atoms with Crippen molar-refractivity contribution in [2.75, 3.05) is 25.6 Å². The van der Waals surface area contributed by atoms with Gasteiger partial charge in [0.15, 0.2) is 0 Å². The largest absolute Gasteiger partial charge is 0.496 e. The van der Waals surface area contributed by atoms with Gasteiger partial charge in [-0.3, -0.25) is 0 Å². The summed E-state index contributed by atoms with van der Waals surface area (Å²) < 4.78 is 5.63. The SMILES string of the molecule is CCCNCc1cc2c(cc1OC)N(C)C(C)(C)CC2C. The molecule has 0 radical (unpaired) electrons. The molecule has 3 nitrogen and oxygen atoms in total. The summed E-state index contributed by atoms with van der Waals surface area (Å²) in [7, 11) is 3.96. The van der Waals surface area contributed by atoms with Crippen LogP contribution in [0.3, 0.4) is 0 Å². The van der Waals surface area contributed by atoms with Gasteiger partial charge in [0.1, 0.15) is 5.75 Å². The average molecular weight is 290 g/mol. The van der Waals surface area contributed by atoms with Crippen molar-refractivity contribution in [1.82, 2.24) is 5.32 Å². The van der Waals surface area contributed by atoms with E-state index in [2.05, 4.69) is 57.1 Å². The first kappa shape index (κ1) is 16.2. The Morgan fingerprint density at radius 3 is 2.71 bits per heavy atom. The van der Waals surface area contributed by atoms with Crippen molar-refractivity contribution >= 4 is 5.69 Å². The van der Waals surface area contributed by atoms with E-state index in [4.69, 9.17) is 4.74 Å². The first-order valence-corrected chi connectivity index (χ1v) is 8.06. The lowest BCUT2D eigenvalue weighted by atomic mass is 9.80. The first-order valence-electron chi connectivity index (χ1n) is 8.06. The fourth-order valence-corrected chi connectivity index (χ4v) is 3.37. The third-order valence-electron chi connectivity index (χ3n) is 4.78. The second-order valence-electron chi connectivity index (χ2n) is 6.88. The minimum absolute atomic E-state index is 0.194. The molecule has 1 heterocycles. The van der Waals surface area contributed by atoms with Gasteiger partial charge in [-0.05, 0) is 50.8 Å². The van der Waals surface area contributed by atoms with Gasteiger partial charge >= 0.3 is 0 Å². The summed E-state index contributed by atoms with van der Waals surface area (Å²) in [6, 6.07) is 4.56. The topological polar surface area (TPSA) is 24.5 Å². The number of methoxy groups -OCH3 is 1. The zero-order valence-corrected chi connectivity index (χ0v) is 14.4. The van der Waals surface area contributed by atoms with Gasteiger partial charge < -0.3 is 15.0 Å². The predicted octanol–water partition coefficient (Wildman–Crippen LogP) is 3.92. The van der Waals surface area contributed by atoms with Crippen LogP contribution in [-0.4, -0.2) is 26.2 Å². The fourth-order valence-electron chi connectivity index (χ4n) is 3.37. The summed E-state index contributed by atoms with van der Waals surface area (Å²) in [5.74, 6) is 1.58. The van der Waals surface area contributed by atoms with E-state index in [-0.39, 0.29) is 5.54 Å². The summed E-state index contributed by atoms with van der Waals surface area (Å²) in [4.78, 5) is 2.40. The van der Waals surface area contributed by atoms with Crippen LogP contribution in [0.5, 0.6) is 5.75 Å². The molecule has 0 aliphatic carbocycles. The Morgan fingerprint density at radius 1 is 1.38 bits per heavy atom. The standard InChI is InChI=1S/C18H30N2O/c1-7-8-19-12-14-9-15-13(2)11-18(3,4)20(5)16(15)10-17(14)21-6/h9-10,13,19H,7-8,11-12H2,1-6H3. The van der Waals surface area contributed by atoms with E-state index >= 15 is 0 Å². The summed E-state index contributed by atoms with van der Waals surface area (Å²) in [5.41, 5.74) is 4.23. The van der Waals surface area contributed by atoms with Crippen molar-refractivity contribution in [2.45, 2.75) is 58.5 Å². The van der Waals surface area contributed by atoms with Gasteiger partial charge in [-0.1, -0.05) is 13.8 Å². The Kier molecular flexibility index (Phi) is 4.82. The lowest BCUT2D eigenvalue weighted by Crippen LogP contribution is -2.45. The van der Waals surface area contributed by atoms with Crippen molar-refractivity contribution in [3.8, 4) is 5.75 Å². The number of anilines is 1. The molecule has 1 N–H and O–H groups in total. The molecule has 0 saturated carbocycles. The van der Waals surface area contributed by atoms with Gasteiger partial charge in [-0.2, -0.15) is 0 Å². The van der Waals surface area contributed by atoms with Crippen LogP contribution in [-0.2, 0) is 6.54 Å². The molecule has 0 aromatic heterocycles. The molecule has 0 amide bonds. The number of nitrogens with one attached hydrogen (secondary N) is 1. The van der Waals surface area contributed by atoms with E-state index in [1.165, 1.54) is 23.2 Å². The maximum absolute atomic E-state index is 5.63. The molecule has 1 unspecified atom stereocenters. The van der Waals surface area contributed by atoms with Crippen LogP contribution in [0.4, 0.5) is 5.69 Å². The normalized spacial score (nSPS) is 20.3. The van der Waals surface area contributed by atoms with Gasteiger partial charge in [0.25, 0.3) is 0 Å². The predicted molar refractivity (Wildman–Crippen MR) is 90.5 cm³/mol. The quantitative estimate of drug-likeness (QED) is 0.832. The number of benzene rings is 1. The van der Waals surface area contributed by atoms with Crippen molar-refractivity contribution in [1.29, 1.82) is 0 Å². The van der Waals surface area contributed by atoms with Crippen LogP contribution < -0.4 is 15.0 Å². The fraction of sp³-hybridized carbons (Fsp3) is 0.667. The molecular formula is C18H30N2O. The van der Waals surface area contributed by atoms with Gasteiger partial charge in [0, 0.05) is 36.4 Å². The number of ether oxygens (including phenoxy) is 1. The Labute approximate surface area is 129 Å². The maximum Gasteiger partial charge on any atom is 0.125 e. The monoisotopic (exact) mass is 290 g/mol. The van der Waals surface area contributed by atoms with E-state index in [9.17, 15) is 0 Å². The summed E-state index contributed by atoms with van der Waals surface area (Å²) in [6.07, 6.45) is 2.34. The van der Waals surface area contributed by atoms with Crippen molar-refractivity contribution < 1.29 is 4.74 Å². The smallest absolute Gasteiger partial charge is 0.125 e. The third-order valence-corrected chi connectivity index (χ3v) is 4.78. The highest BCUT2D eigenvalue weighted by Crippen LogP contribution is 2.44. The van der Waals surface area contributed by atoms with Crippen molar-refractivity contribution in [3.05, 3.63) is 23.3 Å². The molecular weight excluding hydrogens is 260 g/mol. The van der Waals surface area contributed by atoms with Crippen LogP contribution in [0.1, 0.15) is 57.6 Å². The van der Waals surface area contributed by atoms with Crippen molar-refractivity contribution in [3.63, 3.8) is 0 Å². The Hall–Kier alpha value is -1.22.